The van der Waals surface area contributed by atoms with Crippen molar-refractivity contribution in [3.63, 3.8) is 0 Å². The number of benzene rings is 2. The third-order valence-electron chi connectivity index (χ3n) is 5.89. The molecular formula is C26H24F10N2O3. The summed E-state index contributed by atoms with van der Waals surface area (Å²) in [6.45, 7) is 3.47. The van der Waals surface area contributed by atoms with Gasteiger partial charge in [0.2, 0.25) is 5.91 Å². The van der Waals surface area contributed by atoms with E-state index in [2.05, 4.69) is 5.32 Å². The first-order valence-corrected chi connectivity index (χ1v) is 12.0. The molecule has 0 aromatic heterocycles. The van der Waals surface area contributed by atoms with E-state index in [0.717, 1.165) is 11.0 Å². The lowest BCUT2D eigenvalue weighted by Gasteiger charge is -2.27. The number of nitrogens with zero attached hydrogens (tertiary/aromatic N) is 1. The third kappa shape index (κ3) is 8.26. The summed E-state index contributed by atoms with van der Waals surface area (Å²) in [6, 6.07) is 0.869. The highest BCUT2D eigenvalue weighted by molar-refractivity contribution is 5.86. The fraction of sp³-hybridized carbons (Fsp3) is 0.462. The van der Waals surface area contributed by atoms with Crippen LogP contribution in [0.4, 0.5) is 48.7 Å². The first kappa shape index (κ1) is 32.0. The molecular weight excluding hydrogens is 578 g/mol. The Hall–Kier alpha value is -3.52. The summed E-state index contributed by atoms with van der Waals surface area (Å²) in [6.07, 6.45) is -18.5. The van der Waals surface area contributed by atoms with Gasteiger partial charge in [-0.15, -0.1) is 0 Å². The lowest BCUT2D eigenvalue weighted by molar-refractivity contribution is -0.143. The number of alkyl halides is 10. The molecule has 1 heterocycles. The van der Waals surface area contributed by atoms with Gasteiger partial charge in [0.05, 0.1) is 23.2 Å². The molecule has 0 bridgehead atoms. The van der Waals surface area contributed by atoms with Gasteiger partial charge in [-0.2, -0.15) is 39.5 Å². The Bertz CT molecular complexity index is 1260. The summed E-state index contributed by atoms with van der Waals surface area (Å²) in [4.78, 5) is 26.0. The van der Waals surface area contributed by atoms with Crippen LogP contribution in [-0.2, 0) is 34.6 Å². The minimum Gasteiger partial charge on any atom is -0.444 e. The van der Waals surface area contributed by atoms with E-state index in [1.54, 1.807) is 0 Å². The van der Waals surface area contributed by atoms with Crippen molar-refractivity contribution in [1.82, 2.24) is 10.2 Å². The molecule has 226 valence electrons. The first-order valence-electron chi connectivity index (χ1n) is 12.0. The number of hydrogen-bond donors (Lipinski definition) is 1. The lowest BCUT2D eigenvalue weighted by Crippen LogP contribution is -2.47. The number of carbonyl (C=O) groups is 2. The van der Waals surface area contributed by atoms with Crippen molar-refractivity contribution in [2.75, 3.05) is 6.54 Å². The summed E-state index contributed by atoms with van der Waals surface area (Å²) < 4.78 is 140. The van der Waals surface area contributed by atoms with Gasteiger partial charge in [0, 0.05) is 13.0 Å². The average Bonchev–Trinajstić information content (AvgIpc) is 3.21. The number of amides is 2. The van der Waals surface area contributed by atoms with Crippen molar-refractivity contribution in [3.05, 3.63) is 58.7 Å². The maximum atomic E-state index is 14.1. The summed E-state index contributed by atoms with van der Waals surface area (Å²) in [7, 11) is 0. The van der Waals surface area contributed by atoms with E-state index < -0.39 is 95.7 Å². The molecule has 0 aliphatic carbocycles. The quantitative estimate of drug-likeness (QED) is 0.372. The topological polar surface area (TPSA) is 58.6 Å². The Kier molecular flexibility index (Phi) is 8.62. The fourth-order valence-corrected chi connectivity index (χ4v) is 4.11. The number of hydrogen-bond acceptors (Lipinski definition) is 3. The average molecular weight is 602 g/mol. The van der Waals surface area contributed by atoms with E-state index in [0.29, 0.717) is 12.1 Å². The zero-order valence-electron chi connectivity index (χ0n) is 21.7. The van der Waals surface area contributed by atoms with Gasteiger partial charge in [-0.3, -0.25) is 9.69 Å². The van der Waals surface area contributed by atoms with Crippen LogP contribution in [0.15, 0.2) is 36.4 Å². The molecule has 0 unspecified atom stereocenters. The van der Waals surface area contributed by atoms with Crippen LogP contribution in [-0.4, -0.2) is 41.3 Å². The van der Waals surface area contributed by atoms with Crippen LogP contribution >= 0.6 is 0 Å². The number of likely N-dealkylation sites (tertiary alicyclic amines) is 1. The molecule has 2 amide bonds. The monoisotopic (exact) mass is 602 g/mol. The van der Waals surface area contributed by atoms with E-state index >= 15 is 0 Å². The van der Waals surface area contributed by atoms with Crippen LogP contribution in [0.25, 0.3) is 11.1 Å². The Morgan fingerprint density at radius 2 is 1.27 bits per heavy atom. The molecule has 0 spiro atoms. The lowest BCUT2D eigenvalue weighted by atomic mass is 9.95. The normalized spacial score (nSPS) is 18.4. The Labute approximate surface area is 227 Å². The maximum absolute atomic E-state index is 14.1. The molecule has 2 aromatic carbocycles. The second-order valence-corrected chi connectivity index (χ2v) is 10.4. The third-order valence-corrected chi connectivity index (χ3v) is 5.89. The standard InChI is InChI=1S/C26H24F10N2O3/c1-23(2,3)41-22(40)38-12-19(27)10-20(38)21(39)37-11-13-4-14(6-16(5-13)24(28,29)30)15-7-17(25(31,32)33)9-18(8-15)26(34,35)36/h4-9,19-20H,10-12H2,1-3H3,(H,37,39)/t19-,20-/m0/s1. The van der Waals surface area contributed by atoms with Crippen LogP contribution in [0.3, 0.4) is 0 Å². The molecule has 1 aliphatic rings. The Morgan fingerprint density at radius 3 is 1.73 bits per heavy atom. The van der Waals surface area contributed by atoms with Crippen molar-refractivity contribution >= 4 is 12.0 Å². The number of nitrogens with one attached hydrogen (secondary N) is 1. The van der Waals surface area contributed by atoms with Gasteiger partial charge in [0.1, 0.15) is 17.8 Å². The number of ether oxygens (including phenoxy) is 1. The van der Waals surface area contributed by atoms with Gasteiger partial charge in [0.15, 0.2) is 0 Å². The Morgan fingerprint density at radius 1 is 0.805 bits per heavy atom. The zero-order chi connectivity index (χ0) is 31.1. The molecule has 1 saturated heterocycles. The number of rotatable bonds is 4. The summed E-state index contributed by atoms with van der Waals surface area (Å²) in [5, 5.41) is 2.26. The van der Waals surface area contributed by atoms with Crippen LogP contribution in [0.2, 0.25) is 0 Å². The predicted octanol–water partition coefficient (Wildman–Crippen LogP) is 7.37. The van der Waals surface area contributed by atoms with Crippen LogP contribution in [0.1, 0.15) is 49.4 Å². The zero-order valence-corrected chi connectivity index (χ0v) is 21.7. The SMILES string of the molecule is CC(C)(C)OC(=O)N1C[C@@H](F)C[C@H]1C(=O)NCc1cc(-c2cc(C(F)(F)F)cc(C(F)(F)F)c2)cc(C(F)(F)F)c1. The van der Waals surface area contributed by atoms with E-state index in [9.17, 15) is 53.5 Å². The fourth-order valence-electron chi connectivity index (χ4n) is 4.11. The number of halogens is 10. The molecule has 2 atom stereocenters. The molecule has 5 nitrogen and oxygen atoms in total. The summed E-state index contributed by atoms with van der Waals surface area (Å²) in [5.41, 5.74) is -7.56. The van der Waals surface area contributed by atoms with E-state index in [1.807, 2.05) is 0 Å². The molecule has 15 heteroatoms. The maximum Gasteiger partial charge on any atom is 0.416 e. The van der Waals surface area contributed by atoms with Gasteiger partial charge in [0.25, 0.3) is 0 Å². The molecule has 1 fully saturated rings. The molecule has 0 saturated carbocycles. The van der Waals surface area contributed by atoms with E-state index in [1.165, 1.54) is 20.8 Å². The molecule has 3 rings (SSSR count). The molecule has 1 N–H and O–H groups in total. The van der Waals surface area contributed by atoms with Crippen LogP contribution in [0, 0.1) is 0 Å². The van der Waals surface area contributed by atoms with E-state index in [-0.39, 0.29) is 23.8 Å². The number of carbonyl (C=O) groups excluding carboxylic acids is 2. The minimum atomic E-state index is -5.23. The second kappa shape index (κ2) is 11.0. The van der Waals surface area contributed by atoms with E-state index in [4.69, 9.17) is 4.74 Å². The van der Waals surface area contributed by atoms with Gasteiger partial charge in [-0.1, -0.05) is 0 Å². The van der Waals surface area contributed by atoms with Crippen molar-refractivity contribution in [2.24, 2.45) is 0 Å². The highest BCUT2D eigenvalue weighted by Crippen LogP contribution is 2.40. The van der Waals surface area contributed by atoms with Crippen molar-refractivity contribution in [1.29, 1.82) is 0 Å². The van der Waals surface area contributed by atoms with Crippen molar-refractivity contribution < 1.29 is 58.2 Å². The van der Waals surface area contributed by atoms with Crippen LogP contribution < -0.4 is 5.32 Å². The summed E-state index contributed by atoms with van der Waals surface area (Å²) in [5.74, 6) is -0.951. The molecule has 2 aromatic rings. The van der Waals surface area contributed by atoms with Crippen LogP contribution in [0.5, 0.6) is 0 Å². The molecule has 1 aliphatic heterocycles. The largest absolute Gasteiger partial charge is 0.444 e. The van der Waals surface area contributed by atoms with Crippen molar-refractivity contribution in [3.8, 4) is 11.1 Å². The van der Waals surface area contributed by atoms with Gasteiger partial charge >= 0.3 is 24.6 Å². The molecule has 0 radical (unpaired) electrons. The smallest absolute Gasteiger partial charge is 0.416 e. The Balaban J connectivity index is 1.96. The van der Waals surface area contributed by atoms with Gasteiger partial charge in [-0.25, -0.2) is 9.18 Å². The highest BCUT2D eigenvalue weighted by Gasteiger charge is 2.42. The first-order chi connectivity index (χ1) is 18.5. The van der Waals surface area contributed by atoms with Gasteiger partial charge in [-0.05, 0) is 73.9 Å². The highest BCUT2D eigenvalue weighted by atomic mass is 19.4. The minimum absolute atomic E-state index is 0.158. The molecule has 41 heavy (non-hydrogen) atoms. The van der Waals surface area contributed by atoms with Crippen molar-refractivity contribution in [2.45, 2.75) is 70.1 Å². The van der Waals surface area contributed by atoms with Gasteiger partial charge < -0.3 is 10.1 Å². The predicted molar refractivity (Wildman–Crippen MR) is 125 cm³/mol. The second-order valence-electron chi connectivity index (χ2n) is 10.4. The summed E-state index contributed by atoms with van der Waals surface area (Å²) >= 11 is 0.